The largest absolute Gasteiger partial charge is 0.356 e. The van der Waals surface area contributed by atoms with Gasteiger partial charge in [-0.25, -0.2) is 4.98 Å². The van der Waals surface area contributed by atoms with Crippen LogP contribution in [0.4, 0.5) is 0 Å². The van der Waals surface area contributed by atoms with E-state index in [4.69, 9.17) is 0 Å². The third-order valence-corrected chi connectivity index (χ3v) is 5.15. The Balaban J connectivity index is 1.70. The number of aliphatic imine (C=N–C) groups is 1. The van der Waals surface area contributed by atoms with Gasteiger partial charge in [0.05, 0.1) is 12.2 Å². The number of aromatic nitrogens is 2. The maximum atomic E-state index is 11.8. The van der Waals surface area contributed by atoms with Crippen LogP contribution in [0.5, 0.6) is 0 Å². The molecule has 0 aliphatic rings. The van der Waals surface area contributed by atoms with E-state index >= 15 is 0 Å². The summed E-state index contributed by atoms with van der Waals surface area (Å²) < 4.78 is 1.82. The van der Waals surface area contributed by atoms with Crippen molar-refractivity contribution in [2.45, 2.75) is 46.7 Å². The molecule has 0 amide bonds. The number of hydrogen-bond donors (Lipinski definition) is 2. The second kappa shape index (κ2) is 9.36. The van der Waals surface area contributed by atoms with Crippen molar-refractivity contribution in [1.82, 2.24) is 20.2 Å². The molecule has 0 radical (unpaired) electrons. The Kier molecular flexibility index (Phi) is 7.18. The van der Waals surface area contributed by atoms with Crippen LogP contribution < -0.4 is 16.2 Å². The average Bonchev–Trinajstić information content (AvgIpc) is 2.90. The number of rotatable bonds is 7. The van der Waals surface area contributed by atoms with Crippen LogP contribution in [0.2, 0.25) is 0 Å². The molecular formula is C18H27N5OS. The first kappa shape index (κ1) is 19.2. The molecule has 0 atom stereocenters. The van der Waals surface area contributed by atoms with Gasteiger partial charge in [-0.1, -0.05) is 6.07 Å². The molecular weight excluding hydrogens is 334 g/mol. The van der Waals surface area contributed by atoms with Crippen molar-refractivity contribution in [2.75, 3.05) is 13.6 Å². The summed E-state index contributed by atoms with van der Waals surface area (Å²) in [4.78, 5) is 21.8. The molecule has 7 heteroatoms. The normalized spacial score (nSPS) is 11.6. The first-order chi connectivity index (χ1) is 12.0. The lowest BCUT2D eigenvalue weighted by atomic mass is 10.3. The quantitative estimate of drug-likeness (QED) is 0.451. The summed E-state index contributed by atoms with van der Waals surface area (Å²) in [7, 11) is 1.76. The SMILES string of the molecule is CN=C(NCCCCn1c(C)cccc1=O)NCc1nc(C)c(C)s1. The summed E-state index contributed by atoms with van der Waals surface area (Å²) in [6.45, 7) is 8.32. The molecule has 0 spiro atoms. The topological polar surface area (TPSA) is 71.3 Å². The monoisotopic (exact) mass is 361 g/mol. The molecule has 0 saturated carbocycles. The number of thiazole rings is 1. The van der Waals surface area contributed by atoms with E-state index in [-0.39, 0.29) is 5.56 Å². The fourth-order valence-corrected chi connectivity index (χ4v) is 3.38. The number of pyridine rings is 1. The van der Waals surface area contributed by atoms with Crippen molar-refractivity contribution >= 4 is 17.3 Å². The maximum Gasteiger partial charge on any atom is 0.250 e. The third-order valence-electron chi connectivity index (χ3n) is 4.07. The summed E-state index contributed by atoms with van der Waals surface area (Å²) in [5, 5.41) is 7.66. The van der Waals surface area contributed by atoms with Crippen LogP contribution in [0.25, 0.3) is 0 Å². The lowest BCUT2D eigenvalue weighted by molar-refractivity contribution is 0.575. The van der Waals surface area contributed by atoms with Crippen molar-refractivity contribution in [1.29, 1.82) is 0 Å². The molecule has 0 fully saturated rings. The minimum Gasteiger partial charge on any atom is -0.356 e. The lowest BCUT2D eigenvalue weighted by Gasteiger charge is -2.12. The molecule has 2 rings (SSSR count). The van der Waals surface area contributed by atoms with Gasteiger partial charge in [0.25, 0.3) is 5.56 Å². The fourth-order valence-electron chi connectivity index (χ4n) is 2.51. The lowest BCUT2D eigenvalue weighted by Crippen LogP contribution is -2.37. The smallest absolute Gasteiger partial charge is 0.250 e. The van der Waals surface area contributed by atoms with Crippen LogP contribution in [-0.2, 0) is 13.1 Å². The Labute approximate surface area is 153 Å². The van der Waals surface area contributed by atoms with Crippen LogP contribution in [0.3, 0.4) is 0 Å². The Bertz CT molecular complexity index is 759. The van der Waals surface area contributed by atoms with Crippen LogP contribution in [-0.4, -0.2) is 29.1 Å². The van der Waals surface area contributed by atoms with Gasteiger partial charge in [0.15, 0.2) is 5.96 Å². The Morgan fingerprint density at radius 1 is 1.24 bits per heavy atom. The van der Waals surface area contributed by atoms with Gasteiger partial charge in [0.2, 0.25) is 0 Å². The van der Waals surface area contributed by atoms with E-state index in [1.54, 1.807) is 30.5 Å². The standard InChI is InChI=1S/C18H27N5OS/c1-13-8-7-9-17(24)23(13)11-6-5-10-20-18(19-4)21-12-16-22-14(2)15(3)25-16/h7-9H,5-6,10-12H2,1-4H3,(H2,19,20,21). The van der Waals surface area contributed by atoms with Crippen LogP contribution in [0.15, 0.2) is 28.0 Å². The number of aryl methyl sites for hydroxylation is 3. The molecule has 6 nitrogen and oxygen atoms in total. The molecule has 0 bridgehead atoms. The second-order valence-corrected chi connectivity index (χ2v) is 7.25. The van der Waals surface area contributed by atoms with Gasteiger partial charge in [0.1, 0.15) is 5.01 Å². The third kappa shape index (κ3) is 5.70. The minimum absolute atomic E-state index is 0.0690. The first-order valence-corrected chi connectivity index (χ1v) is 9.37. The molecule has 0 aliphatic carbocycles. The molecule has 25 heavy (non-hydrogen) atoms. The highest BCUT2D eigenvalue weighted by Crippen LogP contribution is 2.15. The highest BCUT2D eigenvalue weighted by Gasteiger charge is 2.05. The highest BCUT2D eigenvalue weighted by molar-refractivity contribution is 7.11. The molecule has 136 valence electrons. The van der Waals surface area contributed by atoms with E-state index in [2.05, 4.69) is 27.5 Å². The van der Waals surface area contributed by atoms with E-state index in [1.807, 2.05) is 24.5 Å². The fraction of sp³-hybridized carbons (Fsp3) is 0.500. The predicted octanol–water partition coefficient (Wildman–Crippen LogP) is 2.38. The van der Waals surface area contributed by atoms with Crippen LogP contribution in [0.1, 0.15) is 34.1 Å². The minimum atomic E-state index is 0.0690. The summed E-state index contributed by atoms with van der Waals surface area (Å²) in [5.41, 5.74) is 2.17. The Hall–Kier alpha value is -2.15. The van der Waals surface area contributed by atoms with E-state index in [0.29, 0.717) is 6.54 Å². The number of guanidine groups is 1. The van der Waals surface area contributed by atoms with Gasteiger partial charge in [-0.2, -0.15) is 0 Å². The van der Waals surface area contributed by atoms with Gasteiger partial charge < -0.3 is 15.2 Å². The molecule has 0 aromatic carbocycles. The van der Waals surface area contributed by atoms with Crippen molar-refractivity contribution in [3.8, 4) is 0 Å². The summed E-state index contributed by atoms with van der Waals surface area (Å²) in [6, 6.07) is 5.38. The zero-order valence-corrected chi connectivity index (χ0v) is 16.2. The predicted molar refractivity (Wildman–Crippen MR) is 104 cm³/mol. The zero-order chi connectivity index (χ0) is 18.2. The second-order valence-electron chi connectivity index (χ2n) is 5.97. The van der Waals surface area contributed by atoms with Crippen molar-refractivity contribution in [2.24, 2.45) is 4.99 Å². The van der Waals surface area contributed by atoms with Crippen molar-refractivity contribution in [3.05, 3.63) is 49.8 Å². The van der Waals surface area contributed by atoms with Gasteiger partial charge in [-0.05, 0) is 39.7 Å². The zero-order valence-electron chi connectivity index (χ0n) is 15.4. The van der Waals surface area contributed by atoms with Gasteiger partial charge in [-0.3, -0.25) is 9.79 Å². The Morgan fingerprint density at radius 3 is 2.68 bits per heavy atom. The average molecular weight is 362 g/mol. The number of nitrogens with zero attached hydrogens (tertiary/aromatic N) is 3. The molecule has 2 aromatic rings. The van der Waals surface area contributed by atoms with Crippen molar-refractivity contribution < 1.29 is 0 Å². The maximum absolute atomic E-state index is 11.8. The first-order valence-electron chi connectivity index (χ1n) is 8.55. The molecule has 0 saturated heterocycles. The van der Waals surface area contributed by atoms with Gasteiger partial charge in [0, 0.05) is 36.8 Å². The van der Waals surface area contributed by atoms with Crippen LogP contribution >= 0.6 is 11.3 Å². The van der Waals surface area contributed by atoms with Gasteiger partial charge >= 0.3 is 0 Å². The number of unbranched alkanes of at least 4 members (excludes halogenated alkanes) is 1. The van der Waals surface area contributed by atoms with E-state index in [0.717, 1.165) is 48.3 Å². The summed E-state index contributed by atoms with van der Waals surface area (Å²) >= 11 is 1.71. The molecule has 2 aromatic heterocycles. The van der Waals surface area contributed by atoms with Gasteiger partial charge in [-0.15, -0.1) is 11.3 Å². The summed E-state index contributed by atoms with van der Waals surface area (Å²) in [6.07, 6.45) is 1.91. The van der Waals surface area contributed by atoms with Crippen LogP contribution in [0, 0.1) is 20.8 Å². The molecule has 2 N–H and O–H groups in total. The molecule has 2 heterocycles. The van der Waals surface area contributed by atoms with E-state index in [1.165, 1.54) is 4.88 Å². The Morgan fingerprint density at radius 2 is 2.04 bits per heavy atom. The van der Waals surface area contributed by atoms with Crippen molar-refractivity contribution in [3.63, 3.8) is 0 Å². The van der Waals surface area contributed by atoms with E-state index in [9.17, 15) is 4.79 Å². The summed E-state index contributed by atoms with van der Waals surface area (Å²) in [5.74, 6) is 0.776. The highest BCUT2D eigenvalue weighted by atomic mass is 32.1. The molecule has 0 unspecified atom stereocenters. The molecule has 0 aliphatic heterocycles. The number of nitrogens with one attached hydrogen (secondary N) is 2. The van der Waals surface area contributed by atoms with E-state index < -0.39 is 0 Å². The number of hydrogen-bond acceptors (Lipinski definition) is 4.